The second-order valence-corrected chi connectivity index (χ2v) is 7.63. The zero-order chi connectivity index (χ0) is 17.0. The number of hydrogen-bond acceptors (Lipinski definition) is 6. The van der Waals surface area contributed by atoms with Crippen LogP contribution in [0.2, 0.25) is 5.02 Å². The molecule has 0 aliphatic carbocycles. The van der Waals surface area contributed by atoms with E-state index in [0.717, 1.165) is 0 Å². The molecule has 0 fully saturated rings. The Kier molecular flexibility index (Phi) is 4.89. The second-order valence-electron chi connectivity index (χ2n) is 4.61. The van der Waals surface area contributed by atoms with Crippen LogP contribution >= 0.6 is 22.9 Å². The van der Waals surface area contributed by atoms with E-state index in [2.05, 4.69) is 19.9 Å². The highest BCUT2D eigenvalue weighted by Crippen LogP contribution is 2.23. The normalized spacial score (nSPS) is 11.7. The summed E-state index contributed by atoms with van der Waals surface area (Å²) in [6.07, 6.45) is 1.53. The van der Waals surface area contributed by atoms with Gasteiger partial charge in [0.1, 0.15) is 0 Å². The molecule has 0 saturated heterocycles. The molecule has 0 aliphatic heterocycles. The van der Waals surface area contributed by atoms with Crippen LogP contribution in [0.5, 0.6) is 0 Å². The van der Waals surface area contributed by atoms with Crippen molar-refractivity contribution >= 4 is 49.5 Å². The lowest BCUT2D eigenvalue weighted by Crippen LogP contribution is -2.12. The number of anilines is 1. The van der Waals surface area contributed by atoms with Crippen molar-refractivity contribution in [1.82, 2.24) is 4.98 Å². The van der Waals surface area contributed by atoms with Crippen LogP contribution in [0.3, 0.4) is 0 Å². The zero-order valence-electron chi connectivity index (χ0n) is 12.1. The molecule has 24 heavy (non-hydrogen) atoms. The van der Waals surface area contributed by atoms with Crippen LogP contribution in [-0.4, -0.2) is 13.4 Å². The minimum Gasteiger partial charge on any atom is -0.255 e. The van der Waals surface area contributed by atoms with Crippen LogP contribution < -0.4 is 4.72 Å². The maximum atomic E-state index is 12.2. The maximum Gasteiger partial charge on any atom is 0.263 e. The average Bonchev–Trinajstić information content (AvgIpc) is 3.07. The Balaban J connectivity index is 1.74. The molecular weight excluding hydrogens is 368 g/mol. The zero-order valence-corrected chi connectivity index (χ0v) is 14.5. The van der Waals surface area contributed by atoms with E-state index in [9.17, 15) is 8.42 Å². The van der Waals surface area contributed by atoms with Crippen LogP contribution in [0.25, 0.3) is 0 Å². The topological polar surface area (TPSA) is 83.8 Å². The largest absolute Gasteiger partial charge is 0.263 e. The van der Waals surface area contributed by atoms with Crippen LogP contribution in [-0.2, 0) is 10.0 Å². The summed E-state index contributed by atoms with van der Waals surface area (Å²) in [4.78, 5) is 4.03. The number of hydrogen-bond donors (Lipinski definition) is 1. The first-order chi connectivity index (χ1) is 11.5. The number of azo groups is 1. The molecule has 0 bridgehead atoms. The van der Waals surface area contributed by atoms with Crippen LogP contribution in [0.4, 0.5) is 16.5 Å². The molecule has 0 saturated carbocycles. The van der Waals surface area contributed by atoms with Crippen molar-refractivity contribution in [1.29, 1.82) is 0 Å². The highest BCUT2D eigenvalue weighted by Gasteiger charge is 2.15. The van der Waals surface area contributed by atoms with E-state index in [1.54, 1.807) is 41.8 Å². The number of benzene rings is 2. The predicted octanol–water partition coefficient (Wildman–Crippen LogP) is 5.01. The lowest BCUT2D eigenvalue weighted by atomic mass is 10.3. The quantitative estimate of drug-likeness (QED) is 0.633. The van der Waals surface area contributed by atoms with Crippen molar-refractivity contribution in [2.45, 2.75) is 4.90 Å². The van der Waals surface area contributed by atoms with Gasteiger partial charge in [-0.1, -0.05) is 11.6 Å². The summed E-state index contributed by atoms with van der Waals surface area (Å²) >= 11 is 7.01. The lowest BCUT2D eigenvalue weighted by molar-refractivity contribution is 0.601. The third-order valence-electron chi connectivity index (χ3n) is 2.91. The maximum absolute atomic E-state index is 12.2. The molecular formula is C15H11ClN4O2S2. The van der Waals surface area contributed by atoms with Gasteiger partial charge in [0.15, 0.2) is 5.13 Å². The van der Waals surface area contributed by atoms with Gasteiger partial charge in [0.2, 0.25) is 0 Å². The summed E-state index contributed by atoms with van der Waals surface area (Å²) in [6.45, 7) is 0. The van der Waals surface area contributed by atoms with Crippen LogP contribution in [0.15, 0.2) is 75.2 Å². The second kappa shape index (κ2) is 7.08. The Morgan fingerprint density at radius 2 is 1.54 bits per heavy atom. The molecule has 3 rings (SSSR count). The molecule has 0 unspecified atom stereocenters. The fraction of sp³-hybridized carbons (Fsp3) is 0. The van der Waals surface area contributed by atoms with E-state index in [1.807, 2.05) is 0 Å². The van der Waals surface area contributed by atoms with Crippen molar-refractivity contribution in [3.63, 3.8) is 0 Å². The number of nitrogens with one attached hydrogen (secondary N) is 1. The minimum absolute atomic E-state index is 0.128. The molecule has 1 heterocycles. The molecule has 9 heteroatoms. The van der Waals surface area contributed by atoms with Gasteiger partial charge in [0.25, 0.3) is 10.0 Å². The Bertz CT molecular complexity index is 938. The van der Waals surface area contributed by atoms with Gasteiger partial charge in [-0.15, -0.1) is 11.3 Å². The summed E-state index contributed by atoms with van der Waals surface area (Å²) in [5.74, 6) is 0. The summed E-state index contributed by atoms with van der Waals surface area (Å²) < 4.78 is 26.8. The van der Waals surface area contributed by atoms with Crippen molar-refractivity contribution in [2.75, 3.05) is 4.72 Å². The first-order valence-corrected chi connectivity index (χ1v) is 9.47. The van der Waals surface area contributed by atoms with Crippen LogP contribution in [0, 0.1) is 0 Å². The number of thiazole rings is 1. The Morgan fingerprint density at radius 1 is 0.958 bits per heavy atom. The lowest BCUT2D eigenvalue weighted by Gasteiger charge is -2.04. The average molecular weight is 379 g/mol. The van der Waals surface area contributed by atoms with Gasteiger partial charge in [0.05, 0.1) is 16.3 Å². The molecule has 1 aromatic heterocycles. The predicted molar refractivity (Wildman–Crippen MR) is 95.0 cm³/mol. The van der Waals surface area contributed by atoms with Crippen molar-refractivity contribution in [3.8, 4) is 0 Å². The summed E-state index contributed by atoms with van der Waals surface area (Å²) in [6, 6.07) is 13.0. The first kappa shape index (κ1) is 16.6. The molecule has 0 atom stereocenters. The van der Waals surface area contributed by atoms with Gasteiger partial charge in [-0.2, -0.15) is 10.2 Å². The monoisotopic (exact) mass is 378 g/mol. The molecule has 2 aromatic carbocycles. The van der Waals surface area contributed by atoms with Gasteiger partial charge >= 0.3 is 0 Å². The van der Waals surface area contributed by atoms with E-state index in [0.29, 0.717) is 21.5 Å². The number of rotatable bonds is 5. The van der Waals surface area contributed by atoms with Crippen molar-refractivity contribution < 1.29 is 8.42 Å². The SMILES string of the molecule is O=S(=O)(Nc1nccs1)c1ccc(N=Nc2ccc(Cl)cc2)cc1. The van der Waals surface area contributed by atoms with Crippen molar-refractivity contribution in [3.05, 3.63) is 65.1 Å². The molecule has 0 aliphatic rings. The summed E-state index contributed by atoms with van der Waals surface area (Å²) in [7, 11) is -3.66. The Hall–Kier alpha value is -2.29. The fourth-order valence-corrected chi connectivity index (χ4v) is 3.68. The number of halogens is 1. The highest BCUT2D eigenvalue weighted by atomic mass is 35.5. The standard InChI is InChI=1S/C15H11ClN4O2S2/c16-11-1-3-12(4-2-11)18-19-13-5-7-14(8-6-13)24(21,22)20-15-17-9-10-23-15/h1-10H,(H,17,20). The molecule has 0 radical (unpaired) electrons. The number of sulfonamides is 1. The molecule has 0 amide bonds. The van der Waals surface area contributed by atoms with Gasteiger partial charge in [-0.05, 0) is 48.5 Å². The Labute approximate surface area is 147 Å². The molecule has 0 spiro atoms. The van der Waals surface area contributed by atoms with E-state index in [4.69, 9.17) is 11.6 Å². The highest BCUT2D eigenvalue weighted by molar-refractivity contribution is 7.93. The number of nitrogens with zero attached hydrogens (tertiary/aromatic N) is 3. The smallest absolute Gasteiger partial charge is 0.255 e. The van der Waals surface area contributed by atoms with Gasteiger partial charge in [-0.25, -0.2) is 13.4 Å². The van der Waals surface area contributed by atoms with E-state index in [-0.39, 0.29) is 4.90 Å². The van der Waals surface area contributed by atoms with E-state index < -0.39 is 10.0 Å². The first-order valence-electron chi connectivity index (χ1n) is 6.73. The van der Waals surface area contributed by atoms with Gasteiger partial charge < -0.3 is 0 Å². The summed E-state index contributed by atoms with van der Waals surface area (Å²) in [5, 5.41) is 10.8. The van der Waals surface area contributed by atoms with E-state index in [1.165, 1.54) is 29.7 Å². The third-order valence-corrected chi connectivity index (χ3v) is 5.33. The third kappa shape index (κ3) is 4.16. The van der Waals surface area contributed by atoms with E-state index >= 15 is 0 Å². The van der Waals surface area contributed by atoms with Crippen LogP contribution in [0.1, 0.15) is 0 Å². The number of aromatic nitrogens is 1. The molecule has 6 nitrogen and oxygen atoms in total. The van der Waals surface area contributed by atoms with Gasteiger partial charge in [0, 0.05) is 16.6 Å². The van der Waals surface area contributed by atoms with Crippen molar-refractivity contribution in [2.24, 2.45) is 10.2 Å². The Morgan fingerprint density at radius 3 is 2.08 bits per heavy atom. The molecule has 1 N–H and O–H groups in total. The molecule has 3 aromatic rings. The summed E-state index contributed by atoms with van der Waals surface area (Å²) in [5.41, 5.74) is 1.19. The fourth-order valence-electron chi connectivity index (χ4n) is 1.76. The van der Waals surface area contributed by atoms with Gasteiger partial charge in [-0.3, -0.25) is 4.72 Å². The minimum atomic E-state index is -3.66. The molecule has 122 valence electrons.